The van der Waals surface area contributed by atoms with Gasteiger partial charge in [-0.2, -0.15) is 0 Å². The van der Waals surface area contributed by atoms with E-state index >= 15 is 0 Å². The van der Waals surface area contributed by atoms with E-state index in [1.807, 2.05) is 0 Å². The summed E-state index contributed by atoms with van der Waals surface area (Å²) in [5.41, 5.74) is 5.83. The summed E-state index contributed by atoms with van der Waals surface area (Å²) in [5.74, 6) is 1.08. The Balaban J connectivity index is 1.72. The summed E-state index contributed by atoms with van der Waals surface area (Å²) in [6.45, 7) is 4.80. The Bertz CT molecular complexity index is 1080. The molecule has 0 amide bonds. The smallest absolute Gasteiger partial charge is 0.0209 e. The van der Waals surface area contributed by atoms with Crippen molar-refractivity contribution in [2.75, 3.05) is 0 Å². The van der Waals surface area contributed by atoms with Gasteiger partial charge in [-0.1, -0.05) is 86.7 Å². The van der Waals surface area contributed by atoms with Crippen molar-refractivity contribution in [2.45, 2.75) is 25.2 Å². The first-order valence-corrected chi connectivity index (χ1v) is 10.3. The molecule has 0 spiro atoms. The zero-order valence-electron chi connectivity index (χ0n) is 15.0. The zero-order chi connectivity index (χ0) is 17.9. The molecule has 0 nitrogen and oxygen atoms in total. The highest BCUT2D eigenvalue weighted by molar-refractivity contribution is 14.1. The van der Waals surface area contributed by atoms with E-state index in [4.69, 9.17) is 0 Å². The van der Waals surface area contributed by atoms with Gasteiger partial charge in [0.1, 0.15) is 0 Å². The summed E-state index contributed by atoms with van der Waals surface area (Å²) >= 11 is 2.44. The van der Waals surface area contributed by atoms with E-state index in [1.54, 1.807) is 0 Å². The van der Waals surface area contributed by atoms with Crippen LogP contribution in [-0.2, 0) is 5.41 Å². The number of benzene rings is 3. The normalized spacial score (nSPS) is 22.4. The van der Waals surface area contributed by atoms with Crippen LogP contribution in [0.15, 0.2) is 78.9 Å². The predicted molar refractivity (Wildman–Crippen MR) is 120 cm³/mol. The number of allylic oxidation sites excluding steroid dienone is 4. The zero-order valence-corrected chi connectivity index (χ0v) is 17.2. The molecule has 2 unspecified atom stereocenters. The Kier molecular flexibility index (Phi) is 3.65. The topological polar surface area (TPSA) is 0 Å². The molecular formula is C25H21I. The van der Waals surface area contributed by atoms with Gasteiger partial charge >= 0.3 is 0 Å². The van der Waals surface area contributed by atoms with Gasteiger partial charge in [-0.25, -0.2) is 0 Å². The molecule has 2 aliphatic carbocycles. The van der Waals surface area contributed by atoms with Crippen molar-refractivity contribution < 1.29 is 0 Å². The molecule has 0 radical (unpaired) electrons. The first kappa shape index (κ1) is 16.3. The number of halogens is 1. The molecule has 0 N–H and O–H groups in total. The third kappa shape index (κ3) is 2.26. The maximum absolute atomic E-state index is 2.45. The van der Waals surface area contributed by atoms with Crippen LogP contribution in [0.3, 0.4) is 0 Å². The minimum Gasteiger partial charge on any atom is -0.0796 e. The summed E-state index contributed by atoms with van der Waals surface area (Å²) in [6, 6.07) is 20.4. The molecule has 0 saturated carbocycles. The van der Waals surface area contributed by atoms with Gasteiger partial charge in [0, 0.05) is 9.49 Å². The molecule has 0 heterocycles. The second-order valence-electron chi connectivity index (χ2n) is 7.99. The Morgan fingerprint density at radius 3 is 2.46 bits per heavy atom. The molecule has 0 saturated heterocycles. The van der Waals surface area contributed by atoms with E-state index < -0.39 is 0 Å². The fraction of sp³-hybridized carbons (Fsp3) is 0.200. The first-order valence-electron chi connectivity index (χ1n) is 9.24. The standard InChI is InChI=1S/C25H21I/c1-25(2)22-10-6-5-8-19(22)20-12-11-16(15-23(20)25)17-13-14-24(26)21-9-4-3-7-18(17)21/h3-15,19,22H,1-2H3. The number of rotatable bonds is 1. The Labute approximate surface area is 168 Å². The quantitative estimate of drug-likeness (QED) is 0.345. The Morgan fingerprint density at radius 1 is 0.846 bits per heavy atom. The van der Waals surface area contributed by atoms with Crippen LogP contribution in [0.25, 0.3) is 21.9 Å². The van der Waals surface area contributed by atoms with Gasteiger partial charge in [-0.05, 0) is 73.0 Å². The molecule has 0 fully saturated rings. The molecular weight excluding hydrogens is 427 g/mol. The van der Waals surface area contributed by atoms with Crippen LogP contribution in [0.2, 0.25) is 0 Å². The summed E-state index contributed by atoms with van der Waals surface area (Å²) in [5, 5.41) is 2.68. The van der Waals surface area contributed by atoms with Gasteiger partial charge in [0.05, 0.1) is 0 Å². The van der Waals surface area contributed by atoms with Gasteiger partial charge in [0.25, 0.3) is 0 Å². The monoisotopic (exact) mass is 448 g/mol. The van der Waals surface area contributed by atoms with Gasteiger partial charge in [-0.3, -0.25) is 0 Å². The molecule has 0 aromatic heterocycles. The summed E-state index contributed by atoms with van der Waals surface area (Å²) in [7, 11) is 0. The van der Waals surface area contributed by atoms with Crippen LogP contribution < -0.4 is 0 Å². The van der Waals surface area contributed by atoms with Gasteiger partial charge in [0.2, 0.25) is 0 Å². The highest BCUT2D eigenvalue weighted by Crippen LogP contribution is 2.53. The third-order valence-electron chi connectivity index (χ3n) is 6.26. The van der Waals surface area contributed by atoms with Crippen molar-refractivity contribution >= 4 is 33.4 Å². The lowest BCUT2D eigenvalue weighted by Crippen LogP contribution is -2.24. The molecule has 3 aromatic rings. The van der Waals surface area contributed by atoms with Crippen molar-refractivity contribution in [3.8, 4) is 11.1 Å². The highest BCUT2D eigenvalue weighted by atomic mass is 127. The van der Waals surface area contributed by atoms with Crippen molar-refractivity contribution in [3.05, 3.63) is 93.6 Å². The number of hydrogen-bond donors (Lipinski definition) is 0. The average molecular weight is 448 g/mol. The lowest BCUT2D eigenvalue weighted by atomic mass is 9.74. The van der Waals surface area contributed by atoms with Crippen LogP contribution in [0.5, 0.6) is 0 Å². The van der Waals surface area contributed by atoms with E-state index in [-0.39, 0.29) is 5.41 Å². The molecule has 0 bridgehead atoms. The van der Waals surface area contributed by atoms with E-state index in [0.29, 0.717) is 11.8 Å². The molecule has 2 aliphatic rings. The minimum absolute atomic E-state index is 0.163. The number of fused-ring (bicyclic) bond motifs is 4. The van der Waals surface area contributed by atoms with Gasteiger partial charge < -0.3 is 0 Å². The molecule has 0 aliphatic heterocycles. The Hall–Kier alpha value is -1.87. The molecule has 26 heavy (non-hydrogen) atoms. The molecule has 2 atom stereocenters. The van der Waals surface area contributed by atoms with Crippen molar-refractivity contribution in [1.82, 2.24) is 0 Å². The summed E-state index contributed by atoms with van der Waals surface area (Å²) in [4.78, 5) is 0. The van der Waals surface area contributed by atoms with E-state index in [9.17, 15) is 0 Å². The number of hydrogen-bond acceptors (Lipinski definition) is 0. The van der Waals surface area contributed by atoms with Crippen molar-refractivity contribution in [1.29, 1.82) is 0 Å². The SMILES string of the molecule is CC1(C)c2cc(-c3ccc(I)c4ccccc34)ccc2C2C=CC=CC21. The van der Waals surface area contributed by atoms with E-state index in [0.717, 1.165) is 0 Å². The molecule has 128 valence electrons. The van der Waals surface area contributed by atoms with E-state index in [2.05, 4.69) is 115 Å². The van der Waals surface area contributed by atoms with Gasteiger partial charge in [0.15, 0.2) is 0 Å². The van der Waals surface area contributed by atoms with Crippen LogP contribution in [0.4, 0.5) is 0 Å². The van der Waals surface area contributed by atoms with Crippen molar-refractivity contribution in [2.24, 2.45) is 5.92 Å². The second kappa shape index (κ2) is 5.82. The molecule has 5 rings (SSSR count). The van der Waals surface area contributed by atoms with Crippen LogP contribution in [-0.4, -0.2) is 0 Å². The highest BCUT2D eigenvalue weighted by Gasteiger charge is 2.44. The van der Waals surface area contributed by atoms with Crippen LogP contribution in [0.1, 0.15) is 30.9 Å². The third-order valence-corrected chi connectivity index (χ3v) is 7.20. The van der Waals surface area contributed by atoms with E-state index in [1.165, 1.54) is 36.6 Å². The fourth-order valence-corrected chi connectivity index (χ4v) is 5.51. The fourth-order valence-electron chi connectivity index (χ4n) is 4.86. The second-order valence-corrected chi connectivity index (χ2v) is 9.15. The lowest BCUT2D eigenvalue weighted by Gasteiger charge is -2.29. The average Bonchev–Trinajstić information content (AvgIpc) is 2.90. The molecule has 3 aromatic carbocycles. The maximum atomic E-state index is 2.45. The van der Waals surface area contributed by atoms with Gasteiger partial charge in [-0.15, -0.1) is 0 Å². The maximum Gasteiger partial charge on any atom is 0.0209 e. The largest absolute Gasteiger partial charge is 0.0796 e. The minimum atomic E-state index is 0.163. The molecule has 1 heteroatoms. The predicted octanol–water partition coefficient (Wildman–Crippen LogP) is 7.23. The Morgan fingerprint density at radius 2 is 1.62 bits per heavy atom. The van der Waals surface area contributed by atoms with Crippen LogP contribution >= 0.6 is 22.6 Å². The van der Waals surface area contributed by atoms with Crippen molar-refractivity contribution in [3.63, 3.8) is 0 Å². The van der Waals surface area contributed by atoms with Crippen LogP contribution in [0, 0.1) is 9.49 Å². The summed E-state index contributed by atoms with van der Waals surface area (Å²) in [6.07, 6.45) is 9.18. The summed E-state index contributed by atoms with van der Waals surface area (Å²) < 4.78 is 1.31. The first-order chi connectivity index (χ1) is 12.6. The lowest BCUT2D eigenvalue weighted by molar-refractivity contribution is 0.394.